The molecule has 1 N–H and O–H groups in total. The summed E-state index contributed by atoms with van der Waals surface area (Å²) in [5.74, 6) is 0.0620. The molecule has 0 spiro atoms. The van der Waals surface area contributed by atoms with Crippen molar-refractivity contribution >= 4 is 5.91 Å². The van der Waals surface area contributed by atoms with Crippen LogP contribution >= 0.6 is 0 Å². The second kappa shape index (κ2) is 7.57. The highest BCUT2D eigenvalue weighted by Gasteiger charge is 2.18. The molecule has 0 unspecified atom stereocenters. The molecule has 1 aromatic rings. The third-order valence-corrected chi connectivity index (χ3v) is 4.16. The lowest BCUT2D eigenvalue weighted by molar-refractivity contribution is -0.122. The second-order valence-electron chi connectivity index (χ2n) is 5.94. The number of carbonyl (C=O) groups is 1. The number of likely N-dealkylation sites (N-methyl/N-ethyl adjacent to an activating group) is 1. The number of nitrogens with one attached hydrogen (secondary N) is 1. The molecule has 0 aliphatic carbocycles. The van der Waals surface area contributed by atoms with Crippen LogP contribution in [0.2, 0.25) is 0 Å². The minimum absolute atomic E-state index is 0.0620. The summed E-state index contributed by atoms with van der Waals surface area (Å²) < 4.78 is 5.51. The van der Waals surface area contributed by atoms with Crippen LogP contribution in [0.5, 0.6) is 0 Å². The van der Waals surface area contributed by atoms with E-state index in [1.165, 1.54) is 11.1 Å². The predicted octanol–water partition coefficient (Wildman–Crippen LogP) is 2.28. The molecule has 1 amide bonds. The number of rotatable bonds is 6. The zero-order valence-electron chi connectivity index (χ0n) is 13.3. The molecule has 0 aromatic heterocycles. The van der Waals surface area contributed by atoms with E-state index in [2.05, 4.69) is 48.3 Å². The van der Waals surface area contributed by atoms with Gasteiger partial charge in [-0.3, -0.25) is 9.69 Å². The van der Waals surface area contributed by atoms with E-state index < -0.39 is 0 Å². The van der Waals surface area contributed by atoms with Crippen LogP contribution in [0.15, 0.2) is 24.3 Å². The number of hydrogen-bond donors (Lipinski definition) is 1. The number of aryl methyl sites for hydroxylation is 1. The van der Waals surface area contributed by atoms with E-state index in [-0.39, 0.29) is 18.1 Å². The summed E-state index contributed by atoms with van der Waals surface area (Å²) >= 11 is 0. The van der Waals surface area contributed by atoms with Crippen molar-refractivity contribution in [1.29, 1.82) is 0 Å². The van der Waals surface area contributed by atoms with Crippen LogP contribution in [0.1, 0.15) is 36.9 Å². The van der Waals surface area contributed by atoms with Crippen molar-refractivity contribution in [3.8, 4) is 0 Å². The fourth-order valence-electron chi connectivity index (χ4n) is 2.55. The molecule has 0 bridgehead atoms. The Balaban J connectivity index is 1.77. The van der Waals surface area contributed by atoms with Crippen molar-refractivity contribution in [2.75, 3.05) is 26.7 Å². The van der Waals surface area contributed by atoms with Gasteiger partial charge in [-0.2, -0.15) is 0 Å². The molecule has 116 valence electrons. The van der Waals surface area contributed by atoms with Crippen LogP contribution < -0.4 is 5.32 Å². The molecule has 2 rings (SSSR count). The summed E-state index contributed by atoms with van der Waals surface area (Å²) in [6, 6.07) is 8.69. The van der Waals surface area contributed by atoms with Crippen LogP contribution in [-0.4, -0.2) is 43.7 Å². The van der Waals surface area contributed by atoms with Gasteiger partial charge in [0.2, 0.25) is 5.91 Å². The third-order valence-electron chi connectivity index (χ3n) is 4.16. The first kappa shape index (κ1) is 16.0. The summed E-state index contributed by atoms with van der Waals surface area (Å²) in [4.78, 5) is 14.1. The highest BCUT2D eigenvalue weighted by Crippen LogP contribution is 2.18. The summed E-state index contributed by atoms with van der Waals surface area (Å²) in [6.07, 6.45) is 2.36. The van der Waals surface area contributed by atoms with Crippen molar-refractivity contribution in [1.82, 2.24) is 10.2 Å². The van der Waals surface area contributed by atoms with E-state index in [1.807, 2.05) is 7.05 Å². The van der Waals surface area contributed by atoms with Gasteiger partial charge < -0.3 is 10.1 Å². The fraction of sp³-hybridized carbons (Fsp3) is 0.588. The average molecular weight is 290 g/mol. The van der Waals surface area contributed by atoms with Crippen LogP contribution in [0, 0.1) is 6.92 Å². The Hall–Kier alpha value is -1.39. The van der Waals surface area contributed by atoms with Crippen molar-refractivity contribution < 1.29 is 9.53 Å². The molecule has 1 heterocycles. The topological polar surface area (TPSA) is 41.6 Å². The first-order valence-electron chi connectivity index (χ1n) is 7.71. The van der Waals surface area contributed by atoms with E-state index >= 15 is 0 Å². The first-order chi connectivity index (χ1) is 10.1. The average Bonchev–Trinajstić information content (AvgIpc) is 2.98. The molecule has 1 aliphatic heterocycles. The smallest absolute Gasteiger partial charge is 0.234 e. The zero-order valence-corrected chi connectivity index (χ0v) is 13.3. The van der Waals surface area contributed by atoms with E-state index in [0.717, 1.165) is 19.4 Å². The lowest BCUT2D eigenvalue weighted by Crippen LogP contribution is -2.39. The van der Waals surface area contributed by atoms with Crippen molar-refractivity contribution in [3.63, 3.8) is 0 Å². The van der Waals surface area contributed by atoms with Crippen LogP contribution in [0.4, 0.5) is 0 Å². The van der Waals surface area contributed by atoms with E-state index in [0.29, 0.717) is 13.1 Å². The van der Waals surface area contributed by atoms with Gasteiger partial charge >= 0.3 is 0 Å². The molecule has 1 aliphatic rings. The van der Waals surface area contributed by atoms with Gasteiger partial charge in [0.1, 0.15) is 0 Å². The molecule has 1 fully saturated rings. The van der Waals surface area contributed by atoms with Crippen LogP contribution in [0.25, 0.3) is 0 Å². The Morgan fingerprint density at radius 2 is 2.14 bits per heavy atom. The maximum atomic E-state index is 12.0. The molecular weight excluding hydrogens is 264 g/mol. The quantitative estimate of drug-likeness (QED) is 0.874. The van der Waals surface area contributed by atoms with Gasteiger partial charge in [0.25, 0.3) is 0 Å². The standard InChI is InChI=1S/C17H26N2O2/c1-13-6-8-15(9-7-13)14(2)19(3)12-17(20)18-11-16-5-4-10-21-16/h6-9,14,16H,4-5,10-12H2,1-3H3,(H,18,20)/t14-,16-/m1/s1. The van der Waals surface area contributed by atoms with Crippen molar-refractivity contribution in [2.24, 2.45) is 0 Å². The van der Waals surface area contributed by atoms with Crippen molar-refractivity contribution in [3.05, 3.63) is 35.4 Å². The van der Waals surface area contributed by atoms with Crippen molar-refractivity contribution in [2.45, 2.75) is 38.8 Å². The first-order valence-corrected chi connectivity index (χ1v) is 7.71. The van der Waals surface area contributed by atoms with Gasteiger partial charge in [0.15, 0.2) is 0 Å². The largest absolute Gasteiger partial charge is 0.376 e. The minimum atomic E-state index is 0.0620. The van der Waals surface area contributed by atoms with Gasteiger partial charge in [-0.05, 0) is 39.3 Å². The predicted molar refractivity (Wildman–Crippen MR) is 84.2 cm³/mol. The highest BCUT2D eigenvalue weighted by atomic mass is 16.5. The summed E-state index contributed by atoms with van der Waals surface area (Å²) in [5, 5.41) is 2.97. The van der Waals surface area contributed by atoms with Gasteiger partial charge in [0.05, 0.1) is 12.6 Å². The minimum Gasteiger partial charge on any atom is -0.376 e. The van der Waals surface area contributed by atoms with E-state index in [9.17, 15) is 4.79 Å². The zero-order chi connectivity index (χ0) is 15.2. The molecule has 1 aromatic carbocycles. The Labute approximate surface area is 127 Å². The maximum Gasteiger partial charge on any atom is 0.234 e. The highest BCUT2D eigenvalue weighted by molar-refractivity contribution is 5.78. The van der Waals surface area contributed by atoms with E-state index in [4.69, 9.17) is 4.74 Å². The third kappa shape index (κ3) is 4.83. The van der Waals surface area contributed by atoms with Gasteiger partial charge in [-0.15, -0.1) is 0 Å². The van der Waals surface area contributed by atoms with Crippen LogP contribution in [0.3, 0.4) is 0 Å². The fourth-order valence-corrected chi connectivity index (χ4v) is 2.55. The normalized spacial score (nSPS) is 19.7. The number of hydrogen-bond acceptors (Lipinski definition) is 3. The molecular formula is C17H26N2O2. The maximum absolute atomic E-state index is 12.0. The SMILES string of the molecule is Cc1ccc([C@@H](C)N(C)CC(=O)NC[C@H]2CCCO2)cc1. The number of benzene rings is 1. The number of carbonyl (C=O) groups excluding carboxylic acids is 1. The molecule has 2 atom stereocenters. The van der Waals surface area contributed by atoms with Gasteiger partial charge in [-0.1, -0.05) is 29.8 Å². The summed E-state index contributed by atoms with van der Waals surface area (Å²) in [5.41, 5.74) is 2.48. The lowest BCUT2D eigenvalue weighted by Gasteiger charge is -2.25. The molecule has 0 saturated carbocycles. The Morgan fingerprint density at radius 1 is 1.43 bits per heavy atom. The summed E-state index contributed by atoms with van der Waals surface area (Å²) in [6.45, 7) is 6.06. The monoisotopic (exact) mass is 290 g/mol. The number of nitrogens with zero attached hydrogens (tertiary/aromatic N) is 1. The summed E-state index contributed by atoms with van der Waals surface area (Å²) in [7, 11) is 1.98. The van der Waals surface area contributed by atoms with E-state index in [1.54, 1.807) is 0 Å². The molecule has 0 radical (unpaired) electrons. The lowest BCUT2D eigenvalue weighted by atomic mass is 10.1. The van der Waals surface area contributed by atoms with Gasteiger partial charge in [-0.25, -0.2) is 0 Å². The molecule has 21 heavy (non-hydrogen) atoms. The Morgan fingerprint density at radius 3 is 2.76 bits per heavy atom. The Kier molecular flexibility index (Phi) is 5.76. The molecule has 1 saturated heterocycles. The number of ether oxygens (including phenoxy) is 1. The van der Waals surface area contributed by atoms with Gasteiger partial charge in [0, 0.05) is 19.2 Å². The number of amides is 1. The van der Waals surface area contributed by atoms with Crippen LogP contribution in [-0.2, 0) is 9.53 Å². The molecule has 4 heteroatoms. The Bertz CT molecular complexity index is 452. The molecule has 4 nitrogen and oxygen atoms in total. The second-order valence-corrected chi connectivity index (χ2v) is 5.94.